The molecule has 1 amide bonds. The van der Waals surface area contributed by atoms with Crippen LogP contribution >= 0.6 is 11.6 Å². The van der Waals surface area contributed by atoms with Gasteiger partial charge in [-0.1, -0.05) is 29.8 Å². The summed E-state index contributed by atoms with van der Waals surface area (Å²) < 4.78 is 0. The molecule has 19 heavy (non-hydrogen) atoms. The Bertz CT molecular complexity index is 665. The zero-order chi connectivity index (χ0) is 14.0. The van der Waals surface area contributed by atoms with Gasteiger partial charge in [0.2, 0.25) is 0 Å². The number of nitrogens with one attached hydrogen (secondary N) is 1. The Labute approximate surface area is 115 Å². The highest BCUT2D eigenvalue weighted by molar-refractivity contribution is 6.31. The monoisotopic (exact) mass is 276 g/mol. The van der Waals surface area contributed by atoms with Crippen molar-refractivity contribution >= 4 is 23.2 Å². The number of pyridine rings is 1. The number of para-hydroxylation sites is 1. The molecule has 0 saturated heterocycles. The van der Waals surface area contributed by atoms with Crippen LogP contribution in [0, 0.1) is 6.92 Å². The number of amides is 1. The molecule has 5 heteroatoms. The van der Waals surface area contributed by atoms with Crippen LogP contribution in [-0.2, 0) is 0 Å². The first kappa shape index (κ1) is 13.4. The van der Waals surface area contributed by atoms with E-state index in [-0.39, 0.29) is 5.56 Å². The maximum Gasteiger partial charge on any atom is 0.263 e. The number of carbonyl (C=O) groups is 1. The minimum absolute atomic E-state index is 0.0296. The predicted octanol–water partition coefficient (Wildman–Crippen LogP) is 2.61. The first-order valence-electron chi connectivity index (χ1n) is 5.73. The number of H-pyrrole nitrogens is 1. The van der Waals surface area contributed by atoms with Gasteiger partial charge in [-0.05, 0) is 25.1 Å². The van der Waals surface area contributed by atoms with E-state index < -0.39 is 11.5 Å². The second-order valence-electron chi connectivity index (χ2n) is 4.18. The standard InChI is InChI=1S/C14H13ClN2O2/c1-9-12(15)8-11(13(18)16-9)14(19)17(2)10-6-4-3-5-7-10/h3-8H,1-2H3,(H,16,18). The summed E-state index contributed by atoms with van der Waals surface area (Å²) in [6.45, 7) is 1.68. The van der Waals surface area contributed by atoms with Gasteiger partial charge in [0.25, 0.3) is 11.5 Å². The highest BCUT2D eigenvalue weighted by Crippen LogP contribution is 2.16. The van der Waals surface area contributed by atoms with Gasteiger partial charge in [-0.2, -0.15) is 0 Å². The van der Waals surface area contributed by atoms with Crippen molar-refractivity contribution in [2.45, 2.75) is 6.92 Å². The number of benzene rings is 1. The van der Waals surface area contributed by atoms with E-state index >= 15 is 0 Å². The zero-order valence-corrected chi connectivity index (χ0v) is 11.4. The summed E-state index contributed by atoms with van der Waals surface area (Å²) in [4.78, 5) is 28.1. The lowest BCUT2D eigenvalue weighted by Gasteiger charge is -2.17. The van der Waals surface area contributed by atoms with E-state index in [0.29, 0.717) is 16.4 Å². The number of nitrogens with zero attached hydrogens (tertiary/aromatic N) is 1. The summed E-state index contributed by atoms with van der Waals surface area (Å²) >= 11 is 5.94. The average Bonchev–Trinajstić information content (AvgIpc) is 2.42. The number of rotatable bonds is 2. The van der Waals surface area contributed by atoms with Crippen molar-refractivity contribution in [3.8, 4) is 0 Å². The van der Waals surface area contributed by atoms with Crippen molar-refractivity contribution in [1.82, 2.24) is 4.98 Å². The molecule has 2 rings (SSSR count). The largest absolute Gasteiger partial charge is 0.324 e. The van der Waals surface area contributed by atoms with Gasteiger partial charge in [0, 0.05) is 18.4 Å². The summed E-state index contributed by atoms with van der Waals surface area (Å²) in [6.07, 6.45) is 0. The van der Waals surface area contributed by atoms with Crippen LogP contribution in [0.25, 0.3) is 0 Å². The zero-order valence-electron chi connectivity index (χ0n) is 10.6. The molecule has 4 nitrogen and oxygen atoms in total. The third-order valence-electron chi connectivity index (χ3n) is 2.85. The van der Waals surface area contributed by atoms with E-state index in [9.17, 15) is 9.59 Å². The Kier molecular flexibility index (Phi) is 3.71. The van der Waals surface area contributed by atoms with Crippen LogP contribution in [0.2, 0.25) is 5.02 Å². The maximum atomic E-state index is 12.3. The van der Waals surface area contributed by atoms with Crippen LogP contribution in [0.15, 0.2) is 41.2 Å². The molecule has 0 fully saturated rings. The molecular formula is C14H13ClN2O2. The van der Waals surface area contributed by atoms with Gasteiger partial charge < -0.3 is 9.88 Å². The van der Waals surface area contributed by atoms with Gasteiger partial charge in [0.15, 0.2) is 0 Å². The molecule has 1 aromatic heterocycles. The highest BCUT2D eigenvalue weighted by Gasteiger charge is 2.17. The lowest BCUT2D eigenvalue weighted by molar-refractivity contribution is 0.0991. The number of halogens is 1. The minimum Gasteiger partial charge on any atom is -0.324 e. The third kappa shape index (κ3) is 2.69. The summed E-state index contributed by atoms with van der Waals surface area (Å²) in [7, 11) is 1.62. The number of aromatic nitrogens is 1. The molecule has 0 bridgehead atoms. The van der Waals surface area contributed by atoms with E-state index in [0.717, 1.165) is 0 Å². The number of aromatic amines is 1. The van der Waals surface area contributed by atoms with E-state index in [1.54, 1.807) is 26.1 Å². The molecule has 1 N–H and O–H groups in total. The Morgan fingerprint density at radius 3 is 2.53 bits per heavy atom. The average molecular weight is 277 g/mol. The first-order valence-corrected chi connectivity index (χ1v) is 6.11. The van der Waals surface area contributed by atoms with Gasteiger partial charge in [-0.15, -0.1) is 0 Å². The second-order valence-corrected chi connectivity index (χ2v) is 4.59. The second kappa shape index (κ2) is 5.28. The third-order valence-corrected chi connectivity index (χ3v) is 3.25. The molecule has 0 aliphatic heterocycles. The lowest BCUT2D eigenvalue weighted by Crippen LogP contribution is -2.31. The molecule has 0 atom stereocenters. The maximum absolute atomic E-state index is 12.3. The Morgan fingerprint density at radius 1 is 1.26 bits per heavy atom. The molecule has 2 aromatic rings. The van der Waals surface area contributed by atoms with Crippen LogP contribution in [0.4, 0.5) is 5.69 Å². The van der Waals surface area contributed by atoms with Gasteiger partial charge in [0.1, 0.15) is 5.56 Å². The number of carbonyl (C=O) groups excluding carboxylic acids is 1. The predicted molar refractivity (Wildman–Crippen MR) is 76.0 cm³/mol. The Morgan fingerprint density at radius 2 is 1.89 bits per heavy atom. The van der Waals surface area contributed by atoms with Crippen molar-refractivity contribution < 1.29 is 4.79 Å². The molecule has 0 aliphatic rings. The van der Waals surface area contributed by atoms with Gasteiger partial charge in [-0.25, -0.2) is 0 Å². The molecule has 98 valence electrons. The van der Waals surface area contributed by atoms with Gasteiger partial charge >= 0.3 is 0 Å². The molecule has 0 unspecified atom stereocenters. The number of aryl methyl sites for hydroxylation is 1. The summed E-state index contributed by atoms with van der Waals surface area (Å²) in [5.41, 5.74) is 0.853. The Hall–Kier alpha value is -2.07. The molecule has 0 saturated carbocycles. The molecule has 0 aliphatic carbocycles. The molecule has 0 radical (unpaired) electrons. The van der Waals surface area contributed by atoms with Crippen molar-refractivity contribution in [3.63, 3.8) is 0 Å². The van der Waals surface area contributed by atoms with Gasteiger partial charge in [0.05, 0.1) is 5.02 Å². The van der Waals surface area contributed by atoms with Crippen LogP contribution in [0.1, 0.15) is 16.1 Å². The smallest absolute Gasteiger partial charge is 0.263 e. The SMILES string of the molecule is Cc1[nH]c(=O)c(C(=O)N(C)c2ccccc2)cc1Cl. The molecule has 0 spiro atoms. The summed E-state index contributed by atoms with van der Waals surface area (Å²) in [6, 6.07) is 10.5. The Balaban J connectivity index is 2.40. The van der Waals surface area contributed by atoms with Crippen molar-refractivity contribution in [2.24, 2.45) is 0 Å². The fourth-order valence-corrected chi connectivity index (χ4v) is 1.86. The van der Waals surface area contributed by atoms with Crippen LogP contribution in [0.3, 0.4) is 0 Å². The van der Waals surface area contributed by atoms with E-state index in [1.165, 1.54) is 11.0 Å². The van der Waals surface area contributed by atoms with Gasteiger partial charge in [-0.3, -0.25) is 9.59 Å². The summed E-state index contributed by atoms with van der Waals surface area (Å²) in [5.74, 6) is -0.394. The molecule has 1 aromatic carbocycles. The normalized spacial score (nSPS) is 10.3. The van der Waals surface area contributed by atoms with Crippen LogP contribution < -0.4 is 10.5 Å². The lowest BCUT2D eigenvalue weighted by atomic mass is 10.2. The quantitative estimate of drug-likeness (QED) is 0.917. The molecular weight excluding hydrogens is 264 g/mol. The van der Waals surface area contributed by atoms with E-state index in [1.807, 2.05) is 18.2 Å². The number of hydrogen-bond donors (Lipinski definition) is 1. The van der Waals surface area contributed by atoms with Crippen molar-refractivity contribution in [2.75, 3.05) is 11.9 Å². The summed E-state index contributed by atoms with van der Waals surface area (Å²) in [5, 5.41) is 0.365. The fraction of sp³-hybridized carbons (Fsp3) is 0.143. The first-order chi connectivity index (χ1) is 9.00. The minimum atomic E-state index is -0.435. The van der Waals surface area contributed by atoms with Crippen molar-refractivity contribution in [1.29, 1.82) is 0 Å². The fourth-order valence-electron chi connectivity index (χ4n) is 1.71. The van der Waals surface area contributed by atoms with Crippen molar-refractivity contribution in [3.05, 3.63) is 63.0 Å². The molecule has 1 heterocycles. The van der Waals surface area contributed by atoms with E-state index in [2.05, 4.69) is 4.98 Å². The highest BCUT2D eigenvalue weighted by atomic mass is 35.5. The van der Waals surface area contributed by atoms with E-state index in [4.69, 9.17) is 11.6 Å². The topological polar surface area (TPSA) is 53.2 Å². The van der Waals surface area contributed by atoms with Crippen LogP contribution in [0.5, 0.6) is 0 Å². The number of hydrogen-bond acceptors (Lipinski definition) is 2. The van der Waals surface area contributed by atoms with Crippen LogP contribution in [-0.4, -0.2) is 17.9 Å². The number of anilines is 1.